The van der Waals surface area contributed by atoms with Gasteiger partial charge in [0.05, 0.1) is 0 Å². The number of thioether (sulfide) groups is 1. The lowest BCUT2D eigenvalue weighted by Crippen LogP contribution is -2.04. The van der Waals surface area contributed by atoms with Crippen LogP contribution >= 0.6 is 11.8 Å². The third kappa shape index (κ3) is 2.74. The first-order valence-electron chi connectivity index (χ1n) is 6.64. The summed E-state index contributed by atoms with van der Waals surface area (Å²) >= 11 is 1.91. The highest BCUT2D eigenvalue weighted by Gasteiger charge is 2.23. The van der Waals surface area contributed by atoms with Gasteiger partial charge in [0.1, 0.15) is 0 Å². The Hall–Kier alpha value is -1.54. The van der Waals surface area contributed by atoms with Crippen LogP contribution in [0, 0.1) is 0 Å². The van der Waals surface area contributed by atoms with Gasteiger partial charge in [-0.15, -0.1) is 11.8 Å². The van der Waals surface area contributed by atoms with Gasteiger partial charge in [0.15, 0.2) is 5.78 Å². The summed E-state index contributed by atoms with van der Waals surface area (Å²) in [6, 6.07) is 18.2. The SMILES string of the molecule is O=C(CCC1CSc2ccccc21)c1ccccc1. The molecule has 0 N–H and O–H groups in total. The highest BCUT2D eigenvalue weighted by molar-refractivity contribution is 7.99. The minimum Gasteiger partial charge on any atom is -0.294 e. The van der Waals surface area contributed by atoms with Gasteiger partial charge in [-0.05, 0) is 24.0 Å². The molecule has 0 amide bonds. The molecule has 1 aliphatic rings. The summed E-state index contributed by atoms with van der Waals surface area (Å²) in [5.41, 5.74) is 2.26. The second kappa shape index (κ2) is 5.62. The number of fused-ring (bicyclic) bond motifs is 1. The maximum atomic E-state index is 12.1. The molecule has 2 heteroatoms. The van der Waals surface area contributed by atoms with Crippen LogP contribution in [0.2, 0.25) is 0 Å². The Balaban J connectivity index is 1.64. The number of rotatable bonds is 4. The molecule has 3 rings (SSSR count). The van der Waals surface area contributed by atoms with Gasteiger partial charge in [-0.25, -0.2) is 0 Å². The van der Waals surface area contributed by atoms with Crippen LogP contribution in [0.5, 0.6) is 0 Å². The largest absolute Gasteiger partial charge is 0.294 e. The molecule has 1 heterocycles. The van der Waals surface area contributed by atoms with Crippen molar-refractivity contribution >= 4 is 17.5 Å². The Morgan fingerprint density at radius 2 is 1.79 bits per heavy atom. The van der Waals surface area contributed by atoms with Crippen LogP contribution in [0.4, 0.5) is 0 Å². The third-order valence-electron chi connectivity index (χ3n) is 3.61. The minimum absolute atomic E-state index is 0.259. The van der Waals surface area contributed by atoms with Crippen molar-refractivity contribution in [3.63, 3.8) is 0 Å². The Bertz CT molecular complexity index is 577. The first-order valence-corrected chi connectivity index (χ1v) is 7.63. The molecule has 1 unspecified atom stereocenters. The highest BCUT2D eigenvalue weighted by atomic mass is 32.2. The number of carbonyl (C=O) groups excluding carboxylic acids is 1. The Kier molecular flexibility index (Phi) is 3.69. The summed E-state index contributed by atoms with van der Waals surface area (Å²) in [7, 11) is 0. The second-order valence-electron chi connectivity index (χ2n) is 4.87. The Morgan fingerprint density at radius 3 is 2.63 bits per heavy atom. The van der Waals surface area contributed by atoms with Crippen LogP contribution in [-0.2, 0) is 0 Å². The molecule has 1 atom stereocenters. The van der Waals surface area contributed by atoms with Crippen molar-refractivity contribution in [2.24, 2.45) is 0 Å². The van der Waals surface area contributed by atoms with E-state index in [1.807, 2.05) is 42.1 Å². The van der Waals surface area contributed by atoms with Gasteiger partial charge < -0.3 is 0 Å². The fourth-order valence-corrected chi connectivity index (χ4v) is 3.85. The average Bonchev–Trinajstić information content (AvgIpc) is 2.89. The first kappa shape index (κ1) is 12.5. The minimum atomic E-state index is 0.259. The lowest BCUT2D eigenvalue weighted by molar-refractivity contribution is 0.0978. The van der Waals surface area contributed by atoms with Crippen molar-refractivity contribution < 1.29 is 4.79 Å². The molecule has 1 aliphatic heterocycles. The van der Waals surface area contributed by atoms with Crippen molar-refractivity contribution in [2.75, 3.05) is 5.75 Å². The summed E-state index contributed by atoms with van der Waals surface area (Å²) in [6.45, 7) is 0. The predicted molar refractivity (Wildman–Crippen MR) is 79.9 cm³/mol. The molecule has 19 heavy (non-hydrogen) atoms. The monoisotopic (exact) mass is 268 g/mol. The van der Waals surface area contributed by atoms with Crippen molar-refractivity contribution in [3.05, 3.63) is 65.7 Å². The molecule has 96 valence electrons. The molecule has 0 bridgehead atoms. The number of carbonyl (C=O) groups is 1. The maximum absolute atomic E-state index is 12.1. The fraction of sp³-hybridized carbons (Fsp3) is 0.235. The van der Waals surface area contributed by atoms with Gasteiger partial charge in [0, 0.05) is 22.6 Å². The lowest BCUT2D eigenvalue weighted by Gasteiger charge is -2.09. The van der Waals surface area contributed by atoms with Gasteiger partial charge in [-0.1, -0.05) is 48.5 Å². The average molecular weight is 268 g/mol. The van der Waals surface area contributed by atoms with Crippen LogP contribution in [-0.4, -0.2) is 11.5 Å². The van der Waals surface area contributed by atoms with Crippen LogP contribution in [0.1, 0.15) is 34.7 Å². The van der Waals surface area contributed by atoms with Crippen LogP contribution in [0.25, 0.3) is 0 Å². The van der Waals surface area contributed by atoms with Crippen molar-refractivity contribution in [3.8, 4) is 0 Å². The molecule has 1 nitrogen and oxygen atoms in total. The summed E-state index contributed by atoms with van der Waals surface area (Å²) in [6.07, 6.45) is 1.60. The molecule has 0 spiro atoms. The molecule has 0 fully saturated rings. The quantitative estimate of drug-likeness (QED) is 0.757. The van der Waals surface area contributed by atoms with E-state index in [1.54, 1.807) is 0 Å². The molecule has 0 aliphatic carbocycles. The van der Waals surface area contributed by atoms with Gasteiger partial charge in [0.25, 0.3) is 0 Å². The number of benzene rings is 2. The number of hydrogen-bond acceptors (Lipinski definition) is 2. The Labute approximate surface area is 118 Å². The fourth-order valence-electron chi connectivity index (χ4n) is 2.54. The number of ketones is 1. The topological polar surface area (TPSA) is 17.1 Å². The highest BCUT2D eigenvalue weighted by Crippen LogP contribution is 2.41. The Morgan fingerprint density at radius 1 is 1.05 bits per heavy atom. The van der Waals surface area contributed by atoms with Crippen molar-refractivity contribution in [1.29, 1.82) is 0 Å². The van der Waals surface area contributed by atoms with E-state index >= 15 is 0 Å². The third-order valence-corrected chi connectivity index (χ3v) is 4.87. The van der Waals surface area contributed by atoms with E-state index < -0.39 is 0 Å². The normalized spacial score (nSPS) is 17.2. The van der Waals surface area contributed by atoms with E-state index in [9.17, 15) is 4.79 Å². The number of Topliss-reactive ketones (excluding diaryl/α,β-unsaturated/α-hetero) is 1. The summed E-state index contributed by atoms with van der Waals surface area (Å²) in [4.78, 5) is 13.5. The zero-order valence-electron chi connectivity index (χ0n) is 10.7. The van der Waals surface area contributed by atoms with E-state index in [4.69, 9.17) is 0 Å². The standard InChI is InChI=1S/C17H16OS/c18-16(13-6-2-1-3-7-13)11-10-14-12-19-17-9-5-4-8-15(14)17/h1-9,14H,10-12H2. The molecule has 0 saturated carbocycles. The van der Waals surface area contributed by atoms with E-state index in [0.717, 1.165) is 17.7 Å². The van der Waals surface area contributed by atoms with Crippen molar-refractivity contribution in [1.82, 2.24) is 0 Å². The van der Waals surface area contributed by atoms with Crippen LogP contribution < -0.4 is 0 Å². The summed E-state index contributed by atoms with van der Waals surface area (Å²) < 4.78 is 0. The van der Waals surface area contributed by atoms with Crippen LogP contribution in [0.3, 0.4) is 0 Å². The molecular formula is C17H16OS. The van der Waals surface area contributed by atoms with Gasteiger partial charge >= 0.3 is 0 Å². The predicted octanol–water partition coefficient (Wildman–Crippen LogP) is 4.54. The number of hydrogen-bond donors (Lipinski definition) is 0. The molecule has 0 saturated heterocycles. The molecule has 2 aromatic carbocycles. The van der Waals surface area contributed by atoms with Gasteiger partial charge in [-0.2, -0.15) is 0 Å². The van der Waals surface area contributed by atoms with Gasteiger partial charge in [0.2, 0.25) is 0 Å². The van der Waals surface area contributed by atoms with Gasteiger partial charge in [-0.3, -0.25) is 4.79 Å². The lowest BCUT2D eigenvalue weighted by atomic mass is 9.94. The zero-order chi connectivity index (χ0) is 13.1. The van der Waals surface area contributed by atoms with E-state index in [-0.39, 0.29) is 5.78 Å². The molecule has 2 aromatic rings. The zero-order valence-corrected chi connectivity index (χ0v) is 11.5. The summed E-state index contributed by atoms with van der Waals surface area (Å²) in [5.74, 6) is 1.91. The molecular weight excluding hydrogens is 252 g/mol. The van der Waals surface area contributed by atoms with Crippen molar-refractivity contribution in [2.45, 2.75) is 23.7 Å². The van der Waals surface area contributed by atoms with E-state index in [0.29, 0.717) is 12.3 Å². The second-order valence-corrected chi connectivity index (χ2v) is 5.94. The smallest absolute Gasteiger partial charge is 0.162 e. The summed E-state index contributed by atoms with van der Waals surface area (Å²) in [5, 5.41) is 0. The maximum Gasteiger partial charge on any atom is 0.162 e. The molecule has 0 aromatic heterocycles. The first-order chi connectivity index (χ1) is 9.34. The van der Waals surface area contributed by atoms with Crippen LogP contribution in [0.15, 0.2) is 59.5 Å². The van der Waals surface area contributed by atoms with E-state index in [1.165, 1.54) is 10.5 Å². The van der Waals surface area contributed by atoms with E-state index in [2.05, 4.69) is 24.3 Å². The molecule has 0 radical (unpaired) electrons.